The fourth-order valence-electron chi connectivity index (χ4n) is 2.43. The maximum absolute atomic E-state index is 14.1. The Hall–Kier alpha value is -2.15. The fourth-order valence-corrected chi connectivity index (χ4v) is 3.28. The normalized spacial score (nSPS) is 21.7. The molecule has 1 unspecified atom stereocenters. The zero-order valence-electron chi connectivity index (χ0n) is 11.0. The summed E-state index contributed by atoms with van der Waals surface area (Å²) in [7, 11) is 0. The van der Waals surface area contributed by atoms with Gasteiger partial charge in [-0.2, -0.15) is 0 Å². The van der Waals surface area contributed by atoms with Crippen LogP contribution >= 0.6 is 11.3 Å². The van der Waals surface area contributed by atoms with Crippen LogP contribution in [0.2, 0.25) is 0 Å². The number of aliphatic carboxylic acids is 1. The van der Waals surface area contributed by atoms with Crippen LogP contribution in [0.3, 0.4) is 0 Å². The molecule has 0 bridgehead atoms. The summed E-state index contributed by atoms with van der Waals surface area (Å²) in [6.45, 7) is -0.283. The van der Waals surface area contributed by atoms with Gasteiger partial charge >= 0.3 is 5.97 Å². The van der Waals surface area contributed by atoms with Gasteiger partial charge in [0.2, 0.25) is 5.67 Å². The second-order valence-electron chi connectivity index (χ2n) is 4.97. The monoisotopic (exact) mass is 308 g/mol. The van der Waals surface area contributed by atoms with Crippen LogP contribution in [0.15, 0.2) is 36.0 Å². The predicted molar refractivity (Wildman–Crippen MR) is 75.6 cm³/mol. The Morgan fingerprint density at radius 1 is 1.33 bits per heavy atom. The number of amides is 1. The number of likely N-dealkylation sites (tertiary alicyclic amines) is 1. The second-order valence-corrected chi connectivity index (χ2v) is 5.89. The third-order valence-corrected chi connectivity index (χ3v) is 4.50. The van der Waals surface area contributed by atoms with Crippen molar-refractivity contribution in [3.63, 3.8) is 0 Å². The molecule has 0 aliphatic carbocycles. The van der Waals surface area contributed by atoms with Crippen molar-refractivity contribution in [1.82, 2.24) is 9.47 Å². The Kier molecular flexibility index (Phi) is 3.29. The molecule has 1 atom stereocenters. The number of aromatic nitrogens is 1. The van der Waals surface area contributed by atoms with Crippen molar-refractivity contribution >= 4 is 23.2 Å². The summed E-state index contributed by atoms with van der Waals surface area (Å²) in [5.74, 6) is -1.83. The molecule has 21 heavy (non-hydrogen) atoms. The summed E-state index contributed by atoms with van der Waals surface area (Å²) in [4.78, 5) is 25.2. The number of nitrogens with zero attached hydrogens (tertiary/aromatic N) is 2. The molecular formula is C14H13FN2O3S. The number of rotatable bonds is 3. The smallest absolute Gasteiger partial charge is 0.343 e. The van der Waals surface area contributed by atoms with Gasteiger partial charge in [-0.05, 0) is 23.6 Å². The van der Waals surface area contributed by atoms with E-state index < -0.39 is 18.2 Å². The van der Waals surface area contributed by atoms with Crippen LogP contribution in [0.5, 0.6) is 0 Å². The minimum absolute atomic E-state index is 0.116. The van der Waals surface area contributed by atoms with E-state index in [0.717, 1.165) is 5.69 Å². The number of hydrogen-bond donors (Lipinski definition) is 1. The van der Waals surface area contributed by atoms with Gasteiger partial charge in [0, 0.05) is 25.4 Å². The van der Waals surface area contributed by atoms with Gasteiger partial charge in [0.05, 0.1) is 12.2 Å². The van der Waals surface area contributed by atoms with Crippen LogP contribution in [0.1, 0.15) is 16.1 Å². The number of alkyl halides is 1. The largest absolute Gasteiger partial charge is 0.479 e. The molecule has 1 aliphatic heterocycles. The van der Waals surface area contributed by atoms with E-state index in [9.17, 15) is 14.0 Å². The van der Waals surface area contributed by atoms with Gasteiger partial charge in [-0.25, -0.2) is 9.18 Å². The van der Waals surface area contributed by atoms with Crippen LogP contribution in [-0.4, -0.2) is 45.2 Å². The SMILES string of the molecule is O=C(c1sccc1-n1cccc1)N1CCC(F)(C(=O)O)C1. The van der Waals surface area contributed by atoms with Crippen LogP contribution in [0.4, 0.5) is 4.39 Å². The highest BCUT2D eigenvalue weighted by Crippen LogP contribution is 2.30. The average molecular weight is 308 g/mol. The highest BCUT2D eigenvalue weighted by molar-refractivity contribution is 7.12. The lowest BCUT2D eigenvalue weighted by molar-refractivity contribution is -0.149. The summed E-state index contributed by atoms with van der Waals surface area (Å²) in [6.07, 6.45) is 3.47. The number of thiophene rings is 1. The number of carboxylic acid groups (broad SMARTS) is 1. The molecule has 3 heterocycles. The molecular weight excluding hydrogens is 295 g/mol. The summed E-state index contributed by atoms with van der Waals surface area (Å²) >= 11 is 1.27. The van der Waals surface area contributed by atoms with Gasteiger partial charge in [-0.15, -0.1) is 11.3 Å². The summed E-state index contributed by atoms with van der Waals surface area (Å²) < 4.78 is 15.9. The quantitative estimate of drug-likeness (QED) is 0.945. The molecule has 1 saturated heterocycles. The lowest BCUT2D eigenvalue weighted by Gasteiger charge is -2.18. The molecule has 1 amide bonds. The number of hydrogen-bond acceptors (Lipinski definition) is 3. The minimum atomic E-state index is -2.33. The van der Waals surface area contributed by atoms with Crippen molar-refractivity contribution in [1.29, 1.82) is 0 Å². The van der Waals surface area contributed by atoms with Crippen molar-refractivity contribution < 1.29 is 19.1 Å². The highest BCUT2D eigenvalue weighted by atomic mass is 32.1. The molecule has 2 aromatic rings. The van der Waals surface area contributed by atoms with Gasteiger partial charge < -0.3 is 14.6 Å². The molecule has 110 valence electrons. The molecule has 1 N–H and O–H groups in total. The van der Waals surface area contributed by atoms with Crippen LogP contribution in [0.25, 0.3) is 5.69 Å². The summed E-state index contributed by atoms with van der Waals surface area (Å²) in [5, 5.41) is 10.7. The van der Waals surface area contributed by atoms with Crippen molar-refractivity contribution in [2.75, 3.05) is 13.1 Å². The van der Waals surface area contributed by atoms with E-state index in [1.54, 1.807) is 9.95 Å². The summed E-state index contributed by atoms with van der Waals surface area (Å²) in [5.41, 5.74) is -1.61. The number of carbonyl (C=O) groups is 2. The Morgan fingerprint density at radius 3 is 2.67 bits per heavy atom. The Balaban J connectivity index is 1.85. The van der Waals surface area contributed by atoms with E-state index in [-0.39, 0.29) is 18.9 Å². The maximum atomic E-state index is 14.1. The Bertz CT molecular complexity index is 682. The number of halogens is 1. The molecule has 0 aromatic carbocycles. The van der Waals surface area contributed by atoms with Crippen LogP contribution in [0, 0.1) is 0 Å². The zero-order valence-corrected chi connectivity index (χ0v) is 11.8. The molecule has 3 rings (SSSR count). The molecule has 0 saturated carbocycles. The van der Waals surface area contributed by atoms with E-state index in [1.165, 1.54) is 16.2 Å². The first-order valence-electron chi connectivity index (χ1n) is 6.44. The second kappa shape index (κ2) is 5.00. The topological polar surface area (TPSA) is 62.5 Å². The van der Waals surface area contributed by atoms with Gasteiger partial charge in [0.15, 0.2) is 0 Å². The van der Waals surface area contributed by atoms with Gasteiger partial charge in [0.1, 0.15) is 4.88 Å². The highest BCUT2D eigenvalue weighted by Gasteiger charge is 2.47. The van der Waals surface area contributed by atoms with Crippen molar-refractivity contribution in [3.05, 3.63) is 40.8 Å². The van der Waals surface area contributed by atoms with E-state index >= 15 is 0 Å². The molecule has 2 aromatic heterocycles. The van der Waals surface area contributed by atoms with E-state index in [4.69, 9.17) is 5.11 Å². The van der Waals surface area contributed by atoms with Gasteiger partial charge in [-0.1, -0.05) is 0 Å². The lowest BCUT2D eigenvalue weighted by atomic mass is 10.1. The van der Waals surface area contributed by atoms with Crippen LogP contribution < -0.4 is 0 Å². The third-order valence-electron chi connectivity index (χ3n) is 3.61. The first-order valence-corrected chi connectivity index (χ1v) is 7.32. The standard InChI is InChI=1S/C14H13FN2O3S/c15-14(13(19)20)4-7-17(9-14)12(18)11-10(3-8-21-11)16-5-1-2-6-16/h1-3,5-6,8H,4,7,9H2,(H,19,20). The van der Waals surface area contributed by atoms with Gasteiger partial charge in [0.25, 0.3) is 5.91 Å². The average Bonchev–Trinajstić information content (AvgIpc) is 3.18. The molecule has 1 fully saturated rings. The van der Waals surface area contributed by atoms with Gasteiger partial charge in [-0.3, -0.25) is 4.79 Å². The van der Waals surface area contributed by atoms with E-state index in [1.807, 2.05) is 30.6 Å². The Morgan fingerprint density at radius 2 is 2.05 bits per heavy atom. The maximum Gasteiger partial charge on any atom is 0.343 e. The molecule has 0 radical (unpaired) electrons. The molecule has 1 aliphatic rings. The fraction of sp³-hybridized carbons (Fsp3) is 0.286. The molecule has 0 spiro atoms. The summed E-state index contributed by atoms with van der Waals surface area (Å²) in [6, 6.07) is 5.51. The van der Waals surface area contributed by atoms with Crippen molar-refractivity contribution in [2.24, 2.45) is 0 Å². The van der Waals surface area contributed by atoms with E-state index in [2.05, 4.69) is 0 Å². The minimum Gasteiger partial charge on any atom is -0.479 e. The predicted octanol–water partition coefficient (Wildman–Crippen LogP) is 2.18. The first kappa shape index (κ1) is 13.8. The van der Waals surface area contributed by atoms with Crippen molar-refractivity contribution in [3.8, 4) is 5.69 Å². The van der Waals surface area contributed by atoms with E-state index in [0.29, 0.717) is 4.88 Å². The molecule has 5 nitrogen and oxygen atoms in total. The van der Waals surface area contributed by atoms with Crippen molar-refractivity contribution in [2.45, 2.75) is 12.1 Å². The Labute approximate surface area is 124 Å². The number of carbonyl (C=O) groups excluding carboxylic acids is 1. The van der Waals surface area contributed by atoms with Crippen LogP contribution in [-0.2, 0) is 4.79 Å². The number of carboxylic acids is 1. The third kappa shape index (κ3) is 2.33. The lowest BCUT2D eigenvalue weighted by Crippen LogP contribution is -2.38. The zero-order chi connectivity index (χ0) is 15.0. The molecule has 7 heteroatoms. The first-order chi connectivity index (χ1) is 10.0.